The molecule has 1 aliphatic heterocycles. The van der Waals surface area contributed by atoms with Crippen molar-refractivity contribution in [2.45, 2.75) is 69.7 Å². The molecule has 0 radical (unpaired) electrons. The van der Waals surface area contributed by atoms with E-state index in [2.05, 4.69) is 15.4 Å². The number of nitrogens with one attached hydrogen (secondary N) is 1. The number of carbonyl (C=O) groups excluding carboxylic acids is 3. The van der Waals surface area contributed by atoms with Gasteiger partial charge >= 0.3 is 11.9 Å². The monoisotopic (exact) mass is 608 g/mol. The van der Waals surface area contributed by atoms with E-state index in [4.69, 9.17) is 24.7 Å². The normalized spacial score (nSPS) is 22.4. The molecule has 5 atom stereocenters. The molecule has 1 fully saturated rings. The standard InChI is InChI=1S/C30H36N6O8/c1-17(2)23(32)27(39)43-24-20(14-42-22(37)13-18-9-7-6-8-10-18)44-30(15-31,25(24)38)21-12-11-19-26(33-16-34-36(19)21)35-28(40)29(3,4)41-5/h6-12,16-17,20,23-25,38H,13-14,32H2,1-5H3,(H,33,34,35,40)/t20-,23-,24-,25-,30+/m1/s1. The summed E-state index contributed by atoms with van der Waals surface area (Å²) in [7, 11) is 1.40. The van der Waals surface area contributed by atoms with E-state index >= 15 is 0 Å². The summed E-state index contributed by atoms with van der Waals surface area (Å²) >= 11 is 0. The molecule has 1 saturated heterocycles. The minimum atomic E-state index is -2.14. The molecule has 3 aromatic rings. The lowest BCUT2D eigenvalue weighted by Gasteiger charge is -2.26. The molecule has 14 nitrogen and oxygen atoms in total. The second-order valence-corrected chi connectivity index (χ2v) is 11.3. The Bertz CT molecular complexity index is 1550. The molecule has 4 rings (SSSR count). The Labute approximate surface area is 254 Å². The molecule has 0 spiro atoms. The number of aliphatic hydroxyl groups excluding tert-OH is 1. The van der Waals surface area contributed by atoms with Crippen LogP contribution in [0.5, 0.6) is 0 Å². The van der Waals surface area contributed by atoms with Crippen LogP contribution in [0.3, 0.4) is 0 Å². The number of aliphatic hydroxyl groups is 1. The van der Waals surface area contributed by atoms with Gasteiger partial charge in [-0.1, -0.05) is 44.2 Å². The number of amides is 1. The van der Waals surface area contributed by atoms with E-state index in [1.54, 1.807) is 52.0 Å². The number of fused-ring (bicyclic) bond motifs is 1. The summed E-state index contributed by atoms with van der Waals surface area (Å²) in [5.74, 6) is -2.07. The van der Waals surface area contributed by atoms with E-state index in [1.807, 2.05) is 12.1 Å². The molecule has 0 aliphatic carbocycles. The van der Waals surface area contributed by atoms with E-state index in [0.29, 0.717) is 0 Å². The predicted molar refractivity (Wildman–Crippen MR) is 155 cm³/mol. The van der Waals surface area contributed by atoms with Crippen molar-refractivity contribution in [3.63, 3.8) is 0 Å². The van der Waals surface area contributed by atoms with Gasteiger partial charge in [-0.25, -0.2) is 9.50 Å². The lowest BCUT2D eigenvalue weighted by Crippen LogP contribution is -2.46. The number of nitrogens with two attached hydrogens (primary N) is 1. The van der Waals surface area contributed by atoms with Crippen molar-refractivity contribution in [3.05, 3.63) is 60.0 Å². The van der Waals surface area contributed by atoms with Crippen LogP contribution < -0.4 is 11.1 Å². The maximum absolute atomic E-state index is 12.9. The summed E-state index contributed by atoms with van der Waals surface area (Å²) in [5.41, 5.74) is 3.73. The van der Waals surface area contributed by atoms with E-state index < -0.39 is 60.0 Å². The van der Waals surface area contributed by atoms with Gasteiger partial charge in [-0.2, -0.15) is 10.4 Å². The lowest BCUT2D eigenvalue weighted by atomic mass is 9.92. The van der Waals surface area contributed by atoms with E-state index in [-0.39, 0.29) is 29.4 Å². The van der Waals surface area contributed by atoms with Gasteiger partial charge in [0, 0.05) is 7.11 Å². The number of nitrogens with zero attached hydrogens (tertiary/aromatic N) is 4. The Hall–Kier alpha value is -4.42. The van der Waals surface area contributed by atoms with Gasteiger partial charge in [0.25, 0.3) is 5.91 Å². The zero-order valence-corrected chi connectivity index (χ0v) is 25.1. The number of nitriles is 1. The summed E-state index contributed by atoms with van der Waals surface area (Å²) in [4.78, 5) is 42.4. The van der Waals surface area contributed by atoms with Crippen molar-refractivity contribution < 1.29 is 38.4 Å². The highest BCUT2D eigenvalue weighted by Crippen LogP contribution is 2.42. The third-order valence-electron chi connectivity index (χ3n) is 7.56. The molecule has 234 valence electrons. The van der Waals surface area contributed by atoms with Crippen LogP contribution in [0.1, 0.15) is 39.0 Å². The molecule has 2 aromatic heterocycles. The lowest BCUT2D eigenvalue weighted by molar-refractivity contribution is -0.162. The molecule has 1 aliphatic rings. The van der Waals surface area contributed by atoms with Crippen molar-refractivity contribution in [1.82, 2.24) is 14.6 Å². The molecule has 0 unspecified atom stereocenters. The van der Waals surface area contributed by atoms with Crippen LogP contribution in [0, 0.1) is 17.2 Å². The number of ether oxygens (including phenoxy) is 4. The maximum atomic E-state index is 12.9. The van der Waals surface area contributed by atoms with E-state index in [1.165, 1.54) is 23.8 Å². The zero-order chi connectivity index (χ0) is 32.2. The highest BCUT2D eigenvalue weighted by atomic mass is 16.6. The smallest absolute Gasteiger partial charge is 0.323 e. The fourth-order valence-corrected chi connectivity index (χ4v) is 4.58. The second-order valence-electron chi connectivity index (χ2n) is 11.3. The van der Waals surface area contributed by atoms with Gasteiger partial charge in [-0.05, 0) is 37.5 Å². The first-order chi connectivity index (χ1) is 20.8. The highest BCUT2D eigenvalue weighted by Gasteiger charge is 2.60. The van der Waals surface area contributed by atoms with E-state index in [0.717, 1.165) is 11.9 Å². The number of aromatic nitrogens is 3. The number of benzene rings is 1. The number of rotatable bonds is 11. The summed E-state index contributed by atoms with van der Waals surface area (Å²) in [6.45, 7) is 6.18. The average molecular weight is 609 g/mol. The minimum absolute atomic E-state index is 0.0309. The third kappa shape index (κ3) is 6.41. The quantitative estimate of drug-likeness (QED) is 0.264. The van der Waals surface area contributed by atoms with E-state index in [9.17, 15) is 24.8 Å². The average Bonchev–Trinajstić information content (AvgIpc) is 3.56. The molecule has 44 heavy (non-hydrogen) atoms. The second kappa shape index (κ2) is 13.1. The first kappa shape index (κ1) is 32.5. The maximum Gasteiger partial charge on any atom is 0.323 e. The summed E-state index contributed by atoms with van der Waals surface area (Å²) in [6.07, 6.45) is -3.32. The molecular formula is C30H36N6O8. The molecule has 0 saturated carbocycles. The van der Waals surface area contributed by atoms with Gasteiger partial charge in [0.15, 0.2) is 11.9 Å². The Kier molecular flexibility index (Phi) is 9.65. The fourth-order valence-electron chi connectivity index (χ4n) is 4.58. The van der Waals surface area contributed by atoms with Crippen molar-refractivity contribution in [1.29, 1.82) is 5.26 Å². The van der Waals surface area contributed by atoms with Crippen molar-refractivity contribution >= 4 is 29.2 Å². The Morgan fingerprint density at radius 3 is 2.57 bits per heavy atom. The Morgan fingerprint density at radius 1 is 1.23 bits per heavy atom. The van der Waals surface area contributed by atoms with Gasteiger partial charge in [0.1, 0.15) is 48.4 Å². The fraction of sp³-hybridized carbons (Fsp3) is 0.467. The summed E-state index contributed by atoms with van der Waals surface area (Å²) < 4.78 is 23.7. The number of carbonyl (C=O) groups is 3. The molecule has 14 heteroatoms. The third-order valence-corrected chi connectivity index (χ3v) is 7.56. The molecule has 1 amide bonds. The zero-order valence-electron chi connectivity index (χ0n) is 25.1. The summed E-state index contributed by atoms with van der Waals surface area (Å²) in [5, 5.41) is 28.9. The van der Waals surface area contributed by atoms with Crippen LogP contribution in [-0.2, 0) is 45.4 Å². The molecule has 4 N–H and O–H groups in total. The first-order valence-corrected chi connectivity index (χ1v) is 14.0. The van der Waals surface area contributed by atoms with Crippen molar-refractivity contribution in [3.8, 4) is 6.07 Å². The number of hydrogen-bond donors (Lipinski definition) is 3. The number of hydrogen-bond acceptors (Lipinski definition) is 12. The topological polar surface area (TPSA) is 200 Å². The minimum Gasteiger partial charge on any atom is -0.463 e. The number of methoxy groups -OCH3 is 1. The molecule has 1 aromatic carbocycles. The van der Waals surface area contributed by atoms with Crippen LogP contribution in [0.2, 0.25) is 0 Å². The SMILES string of the molecule is COC(C)(C)C(=O)Nc1ncnn2c([C@]3(C#N)O[C@H](COC(=O)Cc4ccccc4)[C@@H](OC(=O)[C@H](N)C(C)C)[C@H]3O)ccc12. The predicted octanol–water partition coefficient (Wildman–Crippen LogP) is 1.25. The first-order valence-electron chi connectivity index (χ1n) is 14.0. The molecule has 3 heterocycles. The van der Waals surface area contributed by atoms with Crippen LogP contribution >= 0.6 is 0 Å². The Morgan fingerprint density at radius 2 is 1.93 bits per heavy atom. The van der Waals surface area contributed by atoms with Crippen LogP contribution in [0.4, 0.5) is 5.82 Å². The summed E-state index contributed by atoms with van der Waals surface area (Å²) in [6, 6.07) is 12.9. The van der Waals surface area contributed by atoms with Gasteiger partial charge in [0.2, 0.25) is 5.60 Å². The Balaban J connectivity index is 1.67. The van der Waals surface area contributed by atoms with Gasteiger partial charge in [-0.15, -0.1) is 0 Å². The number of esters is 2. The van der Waals surface area contributed by atoms with Gasteiger partial charge in [-0.3, -0.25) is 14.4 Å². The van der Waals surface area contributed by atoms with Crippen molar-refractivity contribution in [2.75, 3.05) is 19.0 Å². The van der Waals surface area contributed by atoms with Crippen LogP contribution in [0.25, 0.3) is 5.52 Å². The van der Waals surface area contributed by atoms with Crippen LogP contribution in [0.15, 0.2) is 48.8 Å². The van der Waals surface area contributed by atoms with Gasteiger partial charge in [0.05, 0.1) is 12.1 Å². The molecular weight excluding hydrogens is 572 g/mol. The largest absolute Gasteiger partial charge is 0.463 e. The molecule has 0 bridgehead atoms. The highest BCUT2D eigenvalue weighted by molar-refractivity contribution is 5.98. The number of anilines is 1. The van der Waals surface area contributed by atoms with Gasteiger partial charge < -0.3 is 35.1 Å². The van der Waals surface area contributed by atoms with Crippen LogP contribution in [-0.4, -0.2) is 81.2 Å². The van der Waals surface area contributed by atoms with Crippen molar-refractivity contribution in [2.24, 2.45) is 11.7 Å².